The summed E-state index contributed by atoms with van der Waals surface area (Å²) in [5.41, 5.74) is 0. The van der Waals surface area contributed by atoms with E-state index in [1.807, 2.05) is 27.7 Å². The number of carbonyl (C=O) groups is 2. The van der Waals surface area contributed by atoms with Crippen LogP contribution in [0, 0.1) is 23.7 Å². The Balaban J connectivity index is 2.40. The van der Waals surface area contributed by atoms with E-state index < -0.39 is 0 Å². The van der Waals surface area contributed by atoms with Crippen LogP contribution in [0.1, 0.15) is 40.5 Å². The fourth-order valence-corrected chi connectivity index (χ4v) is 1.92. The Bertz CT molecular complexity index is 323. The van der Waals surface area contributed by atoms with Gasteiger partial charge in [-0.3, -0.25) is 9.59 Å². The molecule has 1 aliphatic carbocycles. The normalized spacial score (nSPS) is 22.1. The van der Waals surface area contributed by atoms with Gasteiger partial charge in [-0.1, -0.05) is 39.8 Å². The molecule has 1 rings (SSSR count). The largest absolute Gasteiger partial charge is 0.465 e. The standard InChI is InChI=1S/C16H26O4/c1-11(2)9-19-15(17)13-5-7-14(8-6-13)16(18)20-10-12(3)4/h5,7,11-14H,6,8-10H2,1-4H3. The molecule has 4 heteroatoms. The van der Waals surface area contributed by atoms with E-state index in [0.29, 0.717) is 37.9 Å². The Hall–Kier alpha value is -1.32. The first-order valence-corrected chi connectivity index (χ1v) is 7.41. The molecule has 0 N–H and O–H groups in total. The molecule has 0 heterocycles. The average Bonchev–Trinajstić information content (AvgIpc) is 2.42. The lowest BCUT2D eigenvalue weighted by Gasteiger charge is -2.21. The third-order valence-electron chi connectivity index (χ3n) is 3.09. The Morgan fingerprint density at radius 1 is 0.900 bits per heavy atom. The number of rotatable bonds is 6. The van der Waals surface area contributed by atoms with Crippen LogP contribution < -0.4 is 0 Å². The highest BCUT2D eigenvalue weighted by molar-refractivity contribution is 5.78. The first-order chi connectivity index (χ1) is 9.40. The fourth-order valence-electron chi connectivity index (χ4n) is 1.92. The topological polar surface area (TPSA) is 52.6 Å². The van der Waals surface area contributed by atoms with Crippen molar-refractivity contribution in [2.24, 2.45) is 23.7 Å². The molecule has 2 atom stereocenters. The summed E-state index contributed by atoms with van der Waals surface area (Å²) in [4.78, 5) is 23.6. The first kappa shape index (κ1) is 16.7. The molecule has 0 spiro atoms. The van der Waals surface area contributed by atoms with Crippen LogP contribution in [0.15, 0.2) is 12.2 Å². The van der Waals surface area contributed by atoms with Crippen molar-refractivity contribution in [3.8, 4) is 0 Å². The highest BCUT2D eigenvalue weighted by atomic mass is 16.5. The minimum atomic E-state index is -0.220. The van der Waals surface area contributed by atoms with Crippen LogP contribution in [0.4, 0.5) is 0 Å². The summed E-state index contributed by atoms with van der Waals surface area (Å²) in [6.07, 6.45) is 4.87. The van der Waals surface area contributed by atoms with E-state index >= 15 is 0 Å². The molecular formula is C16H26O4. The summed E-state index contributed by atoms with van der Waals surface area (Å²) >= 11 is 0. The van der Waals surface area contributed by atoms with E-state index in [9.17, 15) is 9.59 Å². The van der Waals surface area contributed by atoms with Gasteiger partial charge in [-0.15, -0.1) is 0 Å². The number of ether oxygens (including phenoxy) is 2. The van der Waals surface area contributed by atoms with Crippen molar-refractivity contribution in [3.05, 3.63) is 12.2 Å². The van der Waals surface area contributed by atoms with E-state index in [4.69, 9.17) is 9.47 Å². The van der Waals surface area contributed by atoms with E-state index in [-0.39, 0.29) is 23.8 Å². The lowest BCUT2D eigenvalue weighted by Crippen LogP contribution is -2.25. The van der Waals surface area contributed by atoms with Crippen LogP contribution in [0.5, 0.6) is 0 Å². The average molecular weight is 282 g/mol. The smallest absolute Gasteiger partial charge is 0.312 e. The molecule has 0 fully saturated rings. The molecule has 0 amide bonds. The van der Waals surface area contributed by atoms with Gasteiger partial charge in [-0.25, -0.2) is 0 Å². The second-order valence-electron chi connectivity index (χ2n) is 6.22. The zero-order valence-electron chi connectivity index (χ0n) is 12.9. The van der Waals surface area contributed by atoms with Crippen molar-refractivity contribution in [2.45, 2.75) is 40.5 Å². The van der Waals surface area contributed by atoms with E-state index in [0.717, 1.165) is 0 Å². The number of hydrogen-bond donors (Lipinski definition) is 0. The van der Waals surface area contributed by atoms with Gasteiger partial charge >= 0.3 is 11.9 Å². The van der Waals surface area contributed by atoms with Gasteiger partial charge in [0.1, 0.15) is 0 Å². The second kappa shape index (κ2) is 8.08. The molecule has 20 heavy (non-hydrogen) atoms. The summed E-state index contributed by atoms with van der Waals surface area (Å²) in [5, 5.41) is 0. The van der Waals surface area contributed by atoms with Gasteiger partial charge < -0.3 is 9.47 Å². The maximum Gasteiger partial charge on any atom is 0.312 e. The SMILES string of the molecule is CC(C)COC(=O)C1C=CC(C(=O)OCC(C)C)CC1. The molecule has 0 bridgehead atoms. The predicted octanol–water partition coefficient (Wildman–Crippen LogP) is 2.97. The van der Waals surface area contributed by atoms with Crippen molar-refractivity contribution in [1.29, 1.82) is 0 Å². The van der Waals surface area contributed by atoms with Gasteiger partial charge in [0.25, 0.3) is 0 Å². The molecule has 2 unspecified atom stereocenters. The van der Waals surface area contributed by atoms with Crippen molar-refractivity contribution < 1.29 is 19.1 Å². The van der Waals surface area contributed by atoms with Crippen LogP contribution >= 0.6 is 0 Å². The van der Waals surface area contributed by atoms with E-state index in [2.05, 4.69) is 0 Å². The van der Waals surface area contributed by atoms with Crippen molar-refractivity contribution in [1.82, 2.24) is 0 Å². The Morgan fingerprint density at radius 3 is 1.50 bits per heavy atom. The maximum atomic E-state index is 11.8. The quantitative estimate of drug-likeness (QED) is 0.555. The molecule has 1 aliphatic rings. The van der Waals surface area contributed by atoms with Crippen LogP contribution in [-0.4, -0.2) is 25.2 Å². The van der Waals surface area contributed by atoms with E-state index in [1.54, 1.807) is 12.2 Å². The molecule has 0 saturated heterocycles. The van der Waals surface area contributed by atoms with Crippen LogP contribution in [0.3, 0.4) is 0 Å². The van der Waals surface area contributed by atoms with Crippen LogP contribution in [-0.2, 0) is 19.1 Å². The predicted molar refractivity (Wildman–Crippen MR) is 76.9 cm³/mol. The number of hydrogen-bond acceptors (Lipinski definition) is 4. The summed E-state index contributed by atoms with van der Waals surface area (Å²) < 4.78 is 10.4. The zero-order valence-corrected chi connectivity index (χ0v) is 12.9. The van der Waals surface area contributed by atoms with Gasteiger partial charge in [0.15, 0.2) is 0 Å². The van der Waals surface area contributed by atoms with Gasteiger partial charge in [0, 0.05) is 0 Å². The molecular weight excluding hydrogens is 256 g/mol. The lowest BCUT2D eigenvalue weighted by atomic mass is 9.88. The number of esters is 2. The fraction of sp³-hybridized carbons (Fsp3) is 0.750. The van der Waals surface area contributed by atoms with Gasteiger partial charge in [0.05, 0.1) is 25.0 Å². The Morgan fingerprint density at radius 2 is 1.25 bits per heavy atom. The molecule has 0 aliphatic heterocycles. The monoisotopic (exact) mass is 282 g/mol. The summed E-state index contributed by atoms with van der Waals surface area (Å²) in [5.74, 6) is -0.144. The Labute approximate surface area is 121 Å². The summed E-state index contributed by atoms with van der Waals surface area (Å²) in [6.45, 7) is 8.91. The van der Waals surface area contributed by atoms with Crippen molar-refractivity contribution in [2.75, 3.05) is 13.2 Å². The van der Waals surface area contributed by atoms with Crippen molar-refractivity contribution in [3.63, 3.8) is 0 Å². The molecule has 0 aromatic carbocycles. The molecule has 0 saturated carbocycles. The van der Waals surface area contributed by atoms with Crippen LogP contribution in [0.25, 0.3) is 0 Å². The third-order valence-corrected chi connectivity index (χ3v) is 3.09. The van der Waals surface area contributed by atoms with Gasteiger partial charge in [-0.05, 0) is 24.7 Å². The number of carbonyl (C=O) groups excluding carboxylic acids is 2. The lowest BCUT2D eigenvalue weighted by molar-refractivity contribution is -0.151. The molecule has 0 radical (unpaired) electrons. The molecule has 4 nitrogen and oxygen atoms in total. The first-order valence-electron chi connectivity index (χ1n) is 7.41. The highest BCUT2D eigenvalue weighted by Crippen LogP contribution is 2.24. The van der Waals surface area contributed by atoms with Crippen LogP contribution in [0.2, 0.25) is 0 Å². The Kier molecular flexibility index (Phi) is 6.76. The molecule has 0 aromatic heterocycles. The minimum Gasteiger partial charge on any atom is -0.465 e. The van der Waals surface area contributed by atoms with Crippen molar-refractivity contribution >= 4 is 11.9 Å². The van der Waals surface area contributed by atoms with Gasteiger partial charge in [0.2, 0.25) is 0 Å². The molecule has 0 aromatic rings. The minimum absolute atomic E-state index is 0.191. The second-order valence-corrected chi connectivity index (χ2v) is 6.22. The van der Waals surface area contributed by atoms with Gasteiger partial charge in [-0.2, -0.15) is 0 Å². The van der Waals surface area contributed by atoms with E-state index in [1.165, 1.54) is 0 Å². The third kappa shape index (κ3) is 5.76. The molecule has 114 valence electrons. The zero-order chi connectivity index (χ0) is 15.1. The highest BCUT2D eigenvalue weighted by Gasteiger charge is 2.27. The maximum absolute atomic E-state index is 11.8. The summed E-state index contributed by atoms with van der Waals surface area (Å²) in [7, 11) is 0. The summed E-state index contributed by atoms with van der Waals surface area (Å²) in [6, 6.07) is 0.